The van der Waals surface area contributed by atoms with Crippen molar-refractivity contribution in [2.75, 3.05) is 6.54 Å². The van der Waals surface area contributed by atoms with Crippen LogP contribution in [0.15, 0.2) is 12.2 Å². The second kappa shape index (κ2) is 2.39. The molecule has 1 aliphatic rings. The van der Waals surface area contributed by atoms with E-state index in [-0.39, 0.29) is 0 Å². The molecule has 0 saturated carbocycles. The van der Waals surface area contributed by atoms with Crippen molar-refractivity contribution < 1.29 is 5.10 Å². The molecule has 0 unspecified atom stereocenters. The second-order valence-electron chi connectivity index (χ2n) is 1.44. The molecule has 0 aromatic carbocycles. The van der Waals surface area contributed by atoms with Gasteiger partial charge in [0.05, 0.1) is 6.54 Å². The molecule has 0 atom stereocenters. The number of hydrogen-bond acceptors (Lipinski definition) is 1. The Kier molecular flexibility index (Phi) is 1.50. The summed E-state index contributed by atoms with van der Waals surface area (Å²) in [4.78, 5) is 0. The van der Waals surface area contributed by atoms with Gasteiger partial charge in [-0.2, -0.15) is 5.43 Å². The van der Waals surface area contributed by atoms with Gasteiger partial charge in [0, 0.05) is 6.42 Å². The van der Waals surface area contributed by atoms with Crippen LogP contribution in [0, 0.1) is 0 Å². The topological polar surface area (TPSA) is 26.0 Å². The molecule has 1 aliphatic heterocycles. The second-order valence-corrected chi connectivity index (χ2v) is 1.44. The minimum atomic E-state index is 0.927. The van der Waals surface area contributed by atoms with Crippen LogP contribution < -0.4 is 10.5 Å². The van der Waals surface area contributed by atoms with Crippen LogP contribution in [-0.2, 0) is 0 Å². The van der Waals surface area contributed by atoms with Gasteiger partial charge < -0.3 is 0 Å². The molecule has 0 aromatic rings. The minimum Gasteiger partial charge on any atom is -0.197 e. The summed E-state index contributed by atoms with van der Waals surface area (Å²) in [6.45, 7) is 0.927. The van der Waals surface area contributed by atoms with Gasteiger partial charge in [0.1, 0.15) is 0 Å². The zero-order chi connectivity index (χ0) is 4.95. The van der Waals surface area contributed by atoms with E-state index in [1.165, 1.54) is 0 Å². The first kappa shape index (κ1) is 4.37. The summed E-state index contributed by atoms with van der Waals surface area (Å²) in [6, 6.07) is 0. The first-order valence-electron chi connectivity index (χ1n) is 2.45. The number of hydrazine groups is 1. The molecule has 1 heterocycles. The Balaban J connectivity index is 2.38. The molecule has 7 heavy (non-hydrogen) atoms. The zero-order valence-corrected chi connectivity index (χ0v) is 4.15. The lowest BCUT2D eigenvalue weighted by atomic mass is 10.4. The van der Waals surface area contributed by atoms with E-state index in [4.69, 9.17) is 0 Å². The first-order chi connectivity index (χ1) is 3.50. The fourth-order valence-electron chi connectivity index (χ4n) is 0.497. The first-order valence-corrected chi connectivity index (χ1v) is 2.45. The van der Waals surface area contributed by atoms with E-state index in [1.807, 2.05) is 6.21 Å². The normalized spacial score (nSPS) is 18.3. The molecule has 0 aliphatic carbocycles. The summed E-state index contributed by atoms with van der Waals surface area (Å²) in [5.74, 6) is 0. The number of allylic oxidation sites excluding steroid dienone is 1. The van der Waals surface area contributed by atoms with Crippen molar-refractivity contribution in [2.45, 2.75) is 6.42 Å². The van der Waals surface area contributed by atoms with Gasteiger partial charge in [0.15, 0.2) is 6.21 Å². The van der Waals surface area contributed by atoms with E-state index in [9.17, 15) is 0 Å². The van der Waals surface area contributed by atoms with Crippen molar-refractivity contribution in [3.05, 3.63) is 12.2 Å². The number of hydrazone groups is 1. The molecule has 0 radical (unpaired) electrons. The smallest absolute Gasteiger partial charge is 0.171 e. The quantitative estimate of drug-likeness (QED) is 0.357. The Morgan fingerprint density at radius 1 is 1.43 bits per heavy atom. The van der Waals surface area contributed by atoms with Crippen LogP contribution in [0.25, 0.3) is 0 Å². The summed E-state index contributed by atoms with van der Waals surface area (Å²) in [5.41, 5.74) is 2.95. The van der Waals surface area contributed by atoms with Crippen LogP contribution in [-0.4, -0.2) is 12.8 Å². The van der Waals surface area contributed by atoms with Crippen LogP contribution in [0.5, 0.6) is 0 Å². The van der Waals surface area contributed by atoms with Crippen molar-refractivity contribution in [2.24, 2.45) is 0 Å². The van der Waals surface area contributed by atoms with Gasteiger partial charge >= 0.3 is 0 Å². The predicted molar refractivity (Wildman–Crippen MR) is 28.8 cm³/mol. The largest absolute Gasteiger partial charge is 0.197 e. The SMILES string of the molecule is C1=CCN[NH+]=CC1. The Bertz CT molecular complexity index is 82.3. The third-order valence-corrected chi connectivity index (χ3v) is 0.845. The zero-order valence-electron chi connectivity index (χ0n) is 4.15. The average molecular weight is 97.1 g/mol. The average Bonchev–Trinajstić information content (AvgIpc) is 1.90. The van der Waals surface area contributed by atoms with Gasteiger partial charge in [-0.15, -0.1) is 5.10 Å². The molecule has 0 fully saturated rings. The Morgan fingerprint density at radius 3 is 3.43 bits per heavy atom. The Hall–Kier alpha value is -0.790. The Labute approximate surface area is 42.9 Å². The van der Waals surface area contributed by atoms with E-state index in [0.29, 0.717) is 0 Å². The molecule has 1 rings (SSSR count). The maximum absolute atomic E-state index is 2.95. The highest BCUT2D eigenvalue weighted by atomic mass is 15.3. The molecule has 0 saturated heterocycles. The lowest BCUT2D eigenvalue weighted by molar-refractivity contribution is -0.519. The van der Waals surface area contributed by atoms with Gasteiger partial charge in [0.2, 0.25) is 0 Å². The molecule has 2 nitrogen and oxygen atoms in total. The van der Waals surface area contributed by atoms with Gasteiger partial charge in [-0.1, -0.05) is 12.2 Å². The number of rotatable bonds is 0. The molecular formula is C5H9N2+. The van der Waals surface area contributed by atoms with E-state index in [0.717, 1.165) is 13.0 Å². The molecular weight excluding hydrogens is 88.1 g/mol. The highest BCUT2D eigenvalue weighted by Crippen LogP contribution is 1.73. The summed E-state index contributed by atoms with van der Waals surface area (Å²) in [7, 11) is 0. The molecule has 0 spiro atoms. The third-order valence-electron chi connectivity index (χ3n) is 0.845. The van der Waals surface area contributed by atoms with Crippen molar-refractivity contribution in [1.82, 2.24) is 5.43 Å². The summed E-state index contributed by atoms with van der Waals surface area (Å²) in [5, 5.41) is 2.91. The van der Waals surface area contributed by atoms with E-state index >= 15 is 0 Å². The highest BCUT2D eigenvalue weighted by molar-refractivity contribution is 5.52. The fourth-order valence-corrected chi connectivity index (χ4v) is 0.497. The van der Waals surface area contributed by atoms with Gasteiger partial charge in [-0.3, -0.25) is 0 Å². The standard InChI is InChI=1S/C5H8N2/c1-2-4-6-7-5-3-1/h1-2,5-6H,3-4H2/p+1. The third kappa shape index (κ3) is 1.39. The van der Waals surface area contributed by atoms with Crippen molar-refractivity contribution in [3.8, 4) is 0 Å². The summed E-state index contributed by atoms with van der Waals surface area (Å²) >= 11 is 0. The van der Waals surface area contributed by atoms with Gasteiger partial charge in [-0.05, 0) is 0 Å². The summed E-state index contributed by atoms with van der Waals surface area (Å²) < 4.78 is 0. The monoisotopic (exact) mass is 97.1 g/mol. The molecule has 2 heteroatoms. The number of hydrogen-bond donors (Lipinski definition) is 2. The predicted octanol–water partition coefficient (Wildman–Crippen LogP) is -1.40. The number of nitrogens with one attached hydrogen (secondary N) is 2. The van der Waals surface area contributed by atoms with Crippen LogP contribution in [0.3, 0.4) is 0 Å². The minimum absolute atomic E-state index is 0.927. The Morgan fingerprint density at radius 2 is 2.43 bits per heavy atom. The van der Waals surface area contributed by atoms with Crippen LogP contribution in [0.2, 0.25) is 0 Å². The van der Waals surface area contributed by atoms with Crippen LogP contribution in [0.1, 0.15) is 6.42 Å². The fraction of sp³-hybridized carbons (Fsp3) is 0.400. The molecule has 0 amide bonds. The van der Waals surface area contributed by atoms with Crippen molar-refractivity contribution >= 4 is 6.21 Å². The van der Waals surface area contributed by atoms with Crippen molar-refractivity contribution in [1.29, 1.82) is 0 Å². The van der Waals surface area contributed by atoms with Gasteiger partial charge in [-0.25, -0.2) is 0 Å². The van der Waals surface area contributed by atoms with E-state index in [1.54, 1.807) is 0 Å². The molecule has 38 valence electrons. The van der Waals surface area contributed by atoms with Crippen LogP contribution in [0.4, 0.5) is 0 Å². The van der Waals surface area contributed by atoms with E-state index in [2.05, 4.69) is 22.7 Å². The highest BCUT2D eigenvalue weighted by Gasteiger charge is 1.83. The maximum Gasteiger partial charge on any atom is 0.171 e. The lowest BCUT2D eigenvalue weighted by Crippen LogP contribution is -2.79. The van der Waals surface area contributed by atoms with E-state index < -0.39 is 0 Å². The van der Waals surface area contributed by atoms with Crippen molar-refractivity contribution in [3.63, 3.8) is 0 Å². The van der Waals surface area contributed by atoms with Crippen LogP contribution >= 0.6 is 0 Å². The molecule has 0 bridgehead atoms. The lowest BCUT2D eigenvalue weighted by Gasteiger charge is -1.78. The maximum atomic E-state index is 2.95. The summed E-state index contributed by atoms with van der Waals surface area (Å²) in [6.07, 6.45) is 7.21. The molecule has 0 aromatic heterocycles. The molecule has 2 N–H and O–H groups in total. The van der Waals surface area contributed by atoms with Gasteiger partial charge in [0.25, 0.3) is 0 Å².